The van der Waals surface area contributed by atoms with E-state index in [9.17, 15) is 9.18 Å². The van der Waals surface area contributed by atoms with Gasteiger partial charge in [0, 0.05) is 13.6 Å². The van der Waals surface area contributed by atoms with Gasteiger partial charge in [0.2, 0.25) is 10.1 Å². The molecule has 0 fully saturated rings. The van der Waals surface area contributed by atoms with Crippen LogP contribution < -0.4 is 10.6 Å². The Hall–Kier alpha value is -2.02. The minimum Gasteiger partial charge on any atom is -0.363 e. The molecule has 0 bridgehead atoms. The van der Waals surface area contributed by atoms with Crippen LogP contribution in [-0.4, -0.2) is 29.7 Å². The summed E-state index contributed by atoms with van der Waals surface area (Å²) in [6.45, 7) is 0.427. The molecule has 1 amide bonds. The molecule has 1 heterocycles. The summed E-state index contributed by atoms with van der Waals surface area (Å²) in [4.78, 5) is 11.7. The molecule has 0 spiro atoms. The first kappa shape index (κ1) is 13.4. The second-order valence-electron chi connectivity index (χ2n) is 3.80. The van der Waals surface area contributed by atoms with Crippen LogP contribution in [0.2, 0.25) is 0 Å². The highest BCUT2D eigenvalue weighted by atomic mass is 32.1. The Morgan fingerprint density at radius 3 is 2.95 bits per heavy atom. The highest BCUT2D eigenvalue weighted by molar-refractivity contribution is 7.17. The van der Waals surface area contributed by atoms with Crippen LogP contribution in [0.3, 0.4) is 0 Å². The molecule has 0 radical (unpaired) electrons. The molecule has 0 saturated carbocycles. The third-order valence-electron chi connectivity index (χ3n) is 2.42. The molecule has 1 aromatic carbocycles. The van der Waals surface area contributed by atoms with Crippen molar-refractivity contribution in [1.29, 1.82) is 0 Å². The number of hydrogen-bond acceptors (Lipinski definition) is 5. The van der Waals surface area contributed by atoms with Crippen LogP contribution >= 0.6 is 11.3 Å². The fraction of sp³-hybridized carbons (Fsp3) is 0.250. The van der Waals surface area contributed by atoms with Gasteiger partial charge in [-0.25, -0.2) is 4.39 Å². The van der Waals surface area contributed by atoms with Crippen molar-refractivity contribution in [2.24, 2.45) is 0 Å². The van der Waals surface area contributed by atoms with Crippen LogP contribution in [0.5, 0.6) is 0 Å². The fourth-order valence-corrected chi connectivity index (χ4v) is 2.12. The SMILES string of the molecule is CNc1nnc(C(=O)NCCc2cccc(F)c2)s1. The van der Waals surface area contributed by atoms with Gasteiger partial charge in [0.05, 0.1) is 0 Å². The van der Waals surface area contributed by atoms with E-state index in [1.54, 1.807) is 13.1 Å². The summed E-state index contributed by atoms with van der Waals surface area (Å²) in [7, 11) is 1.71. The third kappa shape index (κ3) is 3.72. The number of rotatable bonds is 5. The van der Waals surface area contributed by atoms with Gasteiger partial charge in [0.15, 0.2) is 0 Å². The Bertz CT molecular complexity index is 572. The maximum absolute atomic E-state index is 12.9. The molecule has 100 valence electrons. The quantitative estimate of drug-likeness (QED) is 0.874. The van der Waals surface area contributed by atoms with Crippen molar-refractivity contribution in [3.63, 3.8) is 0 Å². The summed E-state index contributed by atoms with van der Waals surface area (Å²) in [5.41, 5.74) is 0.841. The lowest BCUT2D eigenvalue weighted by Crippen LogP contribution is -2.25. The van der Waals surface area contributed by atoms with Crippen molar-refractivity contribution in [3.8, 4) is 0 Å². The van der Waals surface area contributed by atoms with E-state index in [4.69, 9.17) is 0 Å². The lowest BCUT2D eigenvalue weighted by molar-refractivity contribution is 0.0953. The van der Waals surface area contributed by atoms with Gasteiger partial charge in [-0.2, -0.15) is 0 Å². The molecule has 0 saturated heterocycles. The summed E-state index contributed by atoms with van der Waals surface area (Å²) in [6, 6.07) is 6.31. The maximum Gasteiger partial charge on any atom is 0.282 e. The molecule has 2 aromatic rings. The molecule has 19 heavy (non-hydrogen) atoms. The summed E-state index contributed by atoms with van der Waals surface area (Å²) >= 11 is 1.18. The van der Waals surface area contributed by atoms with Gasteiger partial charge in [0.25, 0.3) is 5.91 Å². The predicted octanol–water partition coefficient (Wildman–Crippen LogP) is 1.69. The van der Waals surface area contributed by atoms with Crippen LogP contribution in [0.15, 0.2) is 24.3 Å². The van der Waals surface area contributed by atoms with Crippen molar-refractivity contribution in [2.45, 2.75) is 6.42 Å². The zero-order valence-corrected chi connectivity index (χ0v) is 11.1. The zero-order chi connectivity index (χ0) is 13.7. The minimum absolute atomic E-state index is 0.268. The smallest absolute Gasteiger partial charge is 0.282 e. The Labute approximate surface area is 113 Å². The third-order valence-corrected chi connectivity index (χ3v) is 3.36. The first-order valence-corrected chi connectivity index (χ1v) is 6.54. The van der Waals surface area contributed by atoms with Crippen LogP contribution in [0.4, 0.5) is 9.52 Å². The second-order valence-corrected chi connectivity index (χ2v) is 4.78. The number of halogens is 1. The van der Waals surface area contributed by atoms with Gasteiger partial charge >= 0.3 is 0 Å². The van der Waals surface area contributed by atoms with E-state index < -0.39 is 0 Å². The van der Waals surface area contributed by atoms with Crippen LogP contribution in [0.1, 0.15) is 15.4 Å². The topological polar surface area (TPSA) is 66.9 Å². The highest BCUT2D eigenvalue weighted by Gasteiger charge is 2.11. The van der Waals surface area contributed by atoms with Crippen LogP contribution in [0, 0.1) is 5.82 Å². The standard InChI is InChI=1S/C12H13FN4OS/c1-14-12-17-16-11(19-12)10(18)15-6-5-8-3-2-4-9(13)7-8/h2-4,7H,5-6H2,1H3,(H,14,17)(H,15,18). The molecule has 0 aliphatic heterocycles. The zero-order valence-electron chi connectivity index (χ0n) is 10.3. The first-order chi connectivity index (χ1) is 9.19. The number of carbonyl (C=O) groups excluding carboxylic acids is 1. The van der Waals surface area contributed by atoms with E-state index in [2.05, 4.69) is 20.8 Å². The van der Waals surface area contributed by atoms with E-state index in [0.29, 0.717) is 23.1 Å². The summed E-state index contributed by atoms with van der Waals surface area (Å²) < 4.78 is 12.9. The van der Waals surface area contributed by atoms with Gasteiger partial charge < -0.3 is 10.6 Å². The van der Waals surface area contributed by atoms with E-state index in [1.165, 1.54) is 23.5 Å². The molecular formula is C12H13FN4OS. The Morgan fingerprint density at radius 1 is 1.42 bits per heavy atom. The molecule has 0 unspecified atom stereocenters. The number of nitrogens with one attached hydrogen (secondary N) is 2. The Kier molecular flexibility index (Phi) is 4.40. The van der Waals surface area contributed by atoms with Gasteiger partial charge in [-0.05, 0) is 24.1 Å². The van der Waals surface area contributed by atoms with Crippen molar-refractivity contribution >= 4 is 22.4 Å². The van der Waals surface area contributed by atoms with Gasteiger partial charge in [0.1, 0.15) is 5.82 Å². The molecule has 0 aliphatic rings. The molecule has 0 atom stereocenters. The normalized spacial score (nSPS) is 10.2. The van der Waals surface area contributed by atoms with E-state index in [0.717, 1.165) is 5.56 Å². The monoisotopic (exact) mass is 280 g/mol. The van der Waals surface area contributed by atoms with Gasteiger partial charge in [-0.3, -0.25) is 4.79 Å². The molecule has 5 nitrogen and oxygen atoms in total. The number of aromatic nitrogens is 2. The molecular weight excluding hydrogens is 267 g/mol. The number of carbonyl (C=O) groups is 1. The lowest BCUT2D eigenvalue weighted by Gasteiger charge is -2.03. The van der Waals surface area contributed by atoms with E-state index >= 15 is 0 Å². The van der Waals surface area contributed by atoms with Crippen molar-refractivity contribution in [2.75, 3.05) is 18.9 Å². The Morgan fingerprint density at radius 2 is 2.26 bits per heavy atom. The van der Waals surface area contributed by atoms with Crippen LogP contribution in [0.25, 0.3) is 0 Å². The predicted molar refractivity (Wildman–Crippen MR) is 71.9 cm³/mol. The fourth-order valence-electron chi connectivity index (χ4n) is 1.50. The van der Waals surface area contributed by atoms with E-state index in [1.807, 2.05) is 6.07 Å². The lowest BCUT2D eigenvalue weighted by atomic mass is 10.1. The molecule has 0 aliphatic carbocycles. The van der Waals surface area contributed by atoms with Crippen molar-refractivity contribution in [3.05, 3.63) is 40.7 Å². The number of anilines is 1. The van der Waals surface area contributed by atoms with Crippen molar-refractivity contribution < 1.29 is 9.18 Å². The molecule has 2 rings (SSSR count). The number of nitrogens with zero attached hydrogens (tertiary/aromatic N) is 2. The molecule has 1 aromatic heterocycles. The van der Waals surface area contributed by atoms with Crippen LogP contribution in [-0.2, 0) is 6.42 Å². The second kappa shape index (κ2) is 6.24. The summed E-state index contributed by atoms with van der Waals surface area (Å²) in [6.07, 6.45) is 0.571. The van der Waals surface area contributed by atoms with Crippen molar-refractivity contribution in [1.82, 2.24) is 15.5 Å². The maximum atomic E-state index is 12.9. The minimum atomic E-state index is -0.272. The number of hydrogen-bond donors (Lipinski definition) is 2. The van der Waals surface area contributed by atoms with Gasteiger partial charge in [-0.1, -0.05) is 23.5 Å². The summed E-state index contributed by atoms with van der Waals surface area (Å²) in [5.74, 6) is -0.540. The highest BCUT2D eigenvalue weighted by Crippen LogP contribution is 2.13. The average Bonchev–Trinajstić information content (AvgIpc) is 2.87. The number of benzene rings is 1. The van der Waals surface area contributed by atoms with Gasteiger partial charge in [-0.15, -0.1) is 10.2 Å². The van der Waals surface area contributed by atoms with E-state index in [-0.39, 0.29) is 11.7 Å². The number of amides is 1. The first-order valence-electron chi connectivity index (χ1n) is 5.73. The molecule has 2 N–H and O–H groups in total. The average molecular weight is 280 g/mol. The Balaban J connectivity index is 1.84. The molecule has 7 heteroatoms. The largest absolute Gasteiger partial charge is 0.363 e. The summed E-state index contributed by atoms with van der Waals surface area (Å²) in [5, 5.41) is 14.0.